The van der Waals surface area contributed by atoms with Crippen LogP contribution in [-0.2, 0) is 4.79 Å². The molecule has 0 aromatic heterocycles. The largest absolute Gasteiger partial charge is 0.350 e. The summed E-state index contributed by atoms with van der Waals surface area (Å²) in [5.74, 6) is 0.917. The molecule has 3 rings (SSSR count). The average Bonchev–Trinajstić information content (AvgIpc) is 2.80. The molecule has 6 heteroatoms. The number of nitrogens with zero attached hydrogens (tertiary/aromatic N) is 2. The lowest BCUT2D eigenvalue weighted by Gasteiger charge is -2.22. The molecular formula is C20H28ClN3OS. The Balaban J connectivity index is 1.56. The van der Waals surface area contributed by atoms with Crippen LogP contribution in [0.2, 0.25) is 5.02 Å². The maximum absolute atomic E-state index is 12.4. The summed E-state index contributed by atoms with van der Waals surface area (Å²) in [5, 5.41) is 4.63. The monoisotopic (exact) mass is 393 g/mol. The highest BCUT2D eigenvalue weighted by atomic mass is 35.5. The van der Waals surface area contributed by atoms with Crippen LogP contribution in [0.5, 0.6) is 0 Å². The number of aliphatic imine (C=N–C) groups is 1. The number of hydrogen-bond donors (Lipinski definition) is 1. The minimum Gasteiger partial charge on any atom is -0.350 e. The second-order valence-corrected chi connectivity index (χ2v) is 8.76. The van der Waals surface area contributed by atoms with Gasteiger partial charge in [-0.2, -0.15) is 0 Å². The van der Waals surface area contributed by atoms with E-state index < -0.39 is 0 Å². The van der Waals surface area contributed by atoms with Gasteiger partial charge in [-0.15, -0.1) is 0 Å². The third kappa shape index (κ3) is 5.17. The predicted molar refractivity (Wildman–Crippen MR) is 112 cm³/mol. The van der Waals surface area contributed by atoms with Crippen molar-refractivity contribution in [3.63, 3.8) is 0 Å². The minimum absolute atomic E-state index is 0.00363. The lowest BCUT2D eigenvalue weighted by atomic mass is 10.1. The normalized spacial score (nSPS) is 23.3. The highest BCUT2D eigenvalue weighted by molar-refractivity contribution is 8.14. The minimum atomic E-state index is 0.00363. The summed E-state index contributed by atoms with van der Waals surface area (Å²) in [5.41, 5.74) is 1.77. The smallest absolute Gasteiger partial charge is 0.226 e. The zero-order valence-corrected chi connectivity index (χ0v) is 17.2. The number of nitrogens with one attached hydrogen (secondary N) is 1. The Morgan fingerprint density at radius 3 is 2.73 bits per heavy atom. The first-order chi connectivity index (χ1) is 12.5. The van der Waals surface area contributed by atoms with E-state index in [1.54, 1.807) is 11.8 Å². The summed E-state index contributed by atoms with van der Waals surface area (Å²) in [7, 11) is 2.06. The summed E-state index contributed by atoms with van der Waals surface area (Å²) >= 11 is 8.00. The number of aryl methyl sites for hydroxylation is 1. The van der Waals surface area contributed by atoms with Gasteiger partial charge in [0.1, 0.15) is 0 Å². The summed E-state index contributed by atoms with van der Waals surface area (Å²) in [6, 6.07) is 6.33. The third-order valence-electron chi connectivity index (χ3n) is 5.19. The number of benzene rings is 1. The number of carbonyl (C=O) groups is 1. The van der Waals surface area contributed by atoms with Crippen molar-refractivity contribution in [3.8, 4) is 0 Å². The van der Waals surface area contributed by atoms with Gasteiger partial charge in [0, 0.05) is 25.3 Å². The van der Waals surface area contributed by atoms with Crippen LogP contribution in [0.3, 0.4) is 0 Å². The standard InChI is InChI=1S/C20H28ClN3OS/c1-14-9-10-18(17(21)11-14)23-19(25)12-16-13-26-20(24(16)2)22-15-7-5-3-4-6-8-15/h9-11,15-16H,3-8,12-13H2,1-2H3,(H,23,25). The van der Waals surface area contributed by atoms with E-state index >= 15 is 0 Å². The lowest BCUT2D eigenvalue weighted by molar-refractivity contribution is -0.116. The summed E-state index contributed by atoms with van der Waals surface area (Å²) in [6.45, 7) is 1.98. The molecule has 1 aromatic rings. The van der Waals surface area contributed by atoms with Crippen molar-refractivity contribution >= 4 is 40.1 Å². The molecule has 1 N–H and O–H groups in total. The van der Waals surface area contributed by atoms with Gasteiger partial charge in [0.25, 0.3) is 0 Å². The molecule has 142 valence electrons. The Hall–Kier alpha value is -1.20. The Morgan fingerprint density at radius 2 is 2.04 bits per heavy atom. The fourth-order valence-electron chi connectivity index (χ4n) is 3.54. The zero-order chi connectivity index (χ0) is 18.5. The molecule has 2 fully saturated rings. The Kier molecular flexibility index (Phi) is 6.87. The molecule has 1 amide bonds. The molecule has 1 aliphatic heterocycles. The molecule has 0 spiro atoms. The number of hydrogen-bond acceptors (Lipinski definition) is 3. The molecule has 1 saturated heterocycles. The van der Waals surface area contributed by atoms with Gasteiger partial charge in [-0.1, -0.05) is 55.1 Å². The Morgan fingerprint density at radius 1 is 1.31 bits per heavy atom. The Labute approximate surface area is 165 Å². The van der Waals surface area contributed by atoms with Crippen LogP contribution in [0.25, 0.3) is 0 Å². The van der Waals surface area contributed by atoms with Gasteiger partial charge in [-0.25, -0.2) is 0 Å². The summed E-state index contributed by atoms with van der Waals surface area (Å²) in [6.07, 6.45) is 8.13. The molecule has 1 saturated carbocycles. The van der Waals surface area contributed by atoms with Gasteiger partial charge in [-0.05, 0) is 37.5 Å². The number of rotatable bonds is 4. The maximum Gasteiger partial charge on any atom is 0.226 e. The molecule has 1 atom stereocenters. The number of anilines is 1. The van der Waals surface area contributed by atoms with Crippen LogP contribution >= 0.6 is 23.4 Å². The van der Waals surface area contributed by atoms with Gasteiger partial charge in [0.15, 0.2) is 5.17 Å². The molecule has 0 radical (unpaired) electrons. The molecule has 0 bridgehead atoms. The average molecular weight is 394 g/mol. The van der Waals surface area contributed by atoms with Gasteiger partial charge < -0.3 is 10.2 Å². The fraction of sp³-hybridized carbons (Fsp3) is 0.600. The topological polar surface area (TPSA) is 44.7 Å². The van der Waals surface area contributed by atoms with E-state index in [0.29, 0.717) is 23.2 Å². The second-order valence-electron chi connectivity index (χ2n) is 7.37. The molecule has 2 aliphatic rings. The molecule has 1 unspecified atom stereocenters. The van der Waals surface area contributed by atoms with Crippen molar-refractivity contribution in [2.75, 3.05) is 18.1 Å². The number of amides is 1. The number of thioether (sulfide) groups is 1. The molecule has 26 heavy (non-hydrogen) atoms. The van der Waals surface area contributed by atoms with Crippen molar-refractivity contribution in [1.82, 2.24) is 4.90 Å². The van der Waals surface area contributed by atoms with Crippen molar-refractivity contribution in [2.24, 2.45) is 4.99 Å². The van der Waals surface area contributed by atoms with E-state index in [9.17, 15) is 4.79 Å². The van der Waals surface area contributed by atoms with Crippen molar-refractivity contribution in [3.05, 3.63) is 28.8 Å². The Bertz CT molecular complexity index is 671. The van der Waals surface area contributed by atoms with Gasteiger partial charge in [-0.3, -0.25) is 9.79 Å². The zero-order valence-electron chi connectivity index (χ0n) is 15.6. The first kappa shape index (κ1) is 19.6. The van der Waals surface area contributed by atoms with Gasteiger partial charge in [0.2, 0.25) is 5.91 Å². The maximum atomic E-state index is 12.4. The van der Waals surface area contributed by atoms with Crippen LogP contribution in [-0.4, -0.2) is 40.9 Å². The fourth-order valence-corrected chi connectivity index (χ4v) is 5.09. The van der Waals surface area contributed by atoms with Crippen LogP contribution in [0.4, 0.5) is 5.69 Å². The first-order valence-corrected chi connectivity index (χ1v) is 10.9. The van der Waals surface area contributed by atoms with Crippen LogP contribution in [0, 0.1) is 6.92 Å². The van der Waals surface area contributed by atoms with Gasteiger partial charge in [0.05, 0.1) is 16.8 Å². The molecule has 1 aromatic carbocycles. The number of halogens is 1. The van der Waals surface area contributed by atoms with Crippen molar-refractivity contribution in [2.45, 2.75) is 64.0 Å². The second kappa shape index (κ2) is 9.14. The van der Waals surface area contributed by atoms with Crippen LogP contribution in [0.15, 0.2) is 23.2 Å². The molecule has 4 nitrogen and oxygen atoms in total. The molecular weight excluding hydrogens is 366 g/mol. The van der Waals surface area contributed by atoms with E-state index in [1.807, 2.05) is 25.1 Å². The van der Waals surface area contributed by atoms with E-state index in [2.05, 4.69) is 17.3 Å². The predicted octanol–water partition coefficient (Wildman–Crippen LogP) is 5.10. The van der Waals surface area contributed by atoms with Crippen molar-refractivity contribution in [1.29, 1.82) is 0 Å². The highest BCUT2D eigenvalue weighted by Gasteiger charge is 2.29. The van der Waals surface area contributed by atoms with Crippen molar-refractivity contribution < 1.29 is 4.79 Å². The van der Waals surface area contributed by atoms with E-state index in [-0.39, 0.29) is 11.9 Å². The highest BCUT2D eigenvalue weighted by Crippen LogP contribution is 2.29. The quantitative estimate of drug-likeness (QED) is 0.723. The van der Waals surface area contributed by atoms with Crippen LogP contribution < -0.4 is 5.32 Å². The number of carbonyl (C=O) groups excluding carboxylic acids is 1. The molecule has 1 heterocycles. The summed E-state index contributed by atoms with van der Waals surface area (Å²) < 4.78 is 0. The van der Waals surface area contributed by atoms with E-state index in [4.69, 9.17) is 16.6 Å². The van der Waals surface area contributed by atoms with E-state index in [1.165, 1.54) is 38.5 Å². The summed E-state index contributed by atoms with van der Waals surface area (Å²) in [4.78, 5) is 19.6. The SMILES string of the molecule is Cc1ccc(NC(=O)CC2CSC(=NC3CCCCCC3)N2C)c(Cl)c1. The third-order valence-corrected chi connectivity index (χ3v) is 6.71. The lowest BCUT2D eigenvalue weighted by Crippen LogP contribution is -2.34. The first-order valence-electron chi connectivity index (χ1n) is 9.52. The van der Waals surface area contributed by atoms with Crippen LogP contribution in [0.1, 0.15) is 50.5 Å². The molecule has 1 aliphatic carbocycles. The number of amidine groups is 1. The van der Waals surface area contributed by atoms with Gasteiger partial charge >= 0.3 is 0 Å². The van der Waals surface area contributed by atoms with E-state index in [0.717, 1.165) is 16.5 Å².